The smallest absolute Gasteiger partial charge is 0.139 e. The fourth-order valence-electron chi connectivity index (χ4n) is 1.99. The van der Waals surface area contributed by atoms with Crippen LogP contribution in [0.2, 0.25) is 0 Å². The van der Waals surface area contributed by atoms with Crippen molar-refractivity contribution in [3.05, 3.63) is 50.9 Å². The fraction of sp³-hybridized carbons (Fsp3) is 0.0714. The third-order valence-corrected chi connectivity index (χ3v) is 4.11. The highest BCUT2D eigenvalue weighted by molar-refractivity contribution is 9.11. The molecule has 0 unspecified atom stereocenters. The molecule has 0 bridgehead atoms. The Morgan fingerprint density at radius 2 is 1.83 bits per heavy atom. The fourth-order valence-corrected chi connectivity index (χ4v) is 3.13. The molecule has 0 spiro atoms. The van der Waals surface area contributed by atoms with Crippen molar-refractivity contribution in [2.45, 2.75) is 6.92 Å². The van der Waals surface area contributed by atoms with Gasteiger partial charge in [0.05, 0.1) is 5.52 Å². The summed E-state index contributed by atoms with van der Waals surface area (Å²) >= 11 is 7.11. The van der Waals surface area contributed by atoms with E-state index in [1.54, 1.807) is 0 Å². The Hall–Kier alpha value is -1.13. The van der Waals surface area contributed by atoms with Gasteiger partial charge in [0.25, 0.3) is 0 Å². The zero-order valence-corrected chi connectivity index (χ0v) is 12.8. The number of aryl methyl sites for hydroxylation is 1. The van der Waals surface area contributed by atoms with Crippen LogP contribution in [0, 0.1) is 6.92 Å². The van der Waals surface area contributed by atoms with Gasteiger partial charge in [0.2, 0.25) is 0 Å². The number of rotatable bonds is 1. The normalized spacial score (nSPS) is 11.1. The minimum Gasteiger partial charge on any atom is -0.338 e. The van der Waals surface area contributed by atoms with Crippen molar-refractivity contribution in [3.63, 3.8) is 0 Å². The summed E-state index contributed by atoms with van der Waals surface area (Å²) in [5.41, 5.74) is 4.29. The molecule has 3 rings (SSSR count). The molecule has 1 N–H and O–H groups in total. The van der Waals surface area contributed by atoms with Crippen molar-refractivity contribution in [1.82, 2.24) is 9.97 Å². The summed E-state index contributed by atoms with van der Waals surface area (Å²) in [6, 6.07) is 12.2. The zero-order valence-electron chi connectivity index (χ0n) is 9.67. The number of fused-ring (bicyclic) bond motifs is 1. The Morgan fingerprint density at radius 3 is 2.61 bits per heavy atom. The van der Waals surface area contributed by atoms with E-state index in [9.17, 15) is 0 Å². The maximum Gasteiger partial charge on any atom is 0.139 e. The van der Waals surface area contributed by atoms with Crippen molar-refractivity contribution in [2.75, 3.05) is 0 Å². The van der Waals surface area contributed by atoms with Gasteiger partial charge in [-0.1, -0.05) is 34.1 Å². The highest BCUT2D eigenvalue weighted by Crippen LogP contribution is 2.30. The van der Waals surface area contributed by atoms with E-state index in [1.807, 2.05) is 24.3 Å². The zero-order chi connectivity index (χ0) is 12.7. The van der Waals surface area contributed by atoms with Crippen LogP contribution in [0.3, 0.4) is 0 Å². The summed E-state index contributed by atoms with van der Waals surface area (Å²) in [5, 5.41) is 0. The summed E-state index contributed by atoms with van der Waals surface area (Å²) in [5.74, 6) is 0.878. The van der Waals surface area contributed by atoms with Gasteiger partial charge in [-0.2, -0.15) is 0 Å². The van der Waals surface area contributed by atoms with Crippen molar-refractivity contribution in [1.29, 1.82) is 0 Å². The predicted molar refractivity (Wildman–Crippen MR) is 81.7 cm³/mol. The lowest BCUT2D eigenvalue weighted by atomic mass is 10.2. The summed E-state index contributed by atoms with van der Waals surface area (Å²) in [6.07, 6.45) is 0. The van der Waals surface area contributed by atoms with Crippen LogP contribution in [0.25, 0.3) is 22.4 Å². The van der Waals surface area contributed by atoms with Crippen LogP contribution in [0.1, 0.15) is 5.56 Å². The Kier molecular flexibility index (Phi) is 2.99. The number of aromatic amines is 1. The van der Waals surface area contributed by atoms with Crippen LogP contribution >= 0.6 is 31.9 Å². The van der Waals surface area contributed by atoms with Gasteiger partial charge in [-0.25, -0.2) is 4.98 Å². The average Bonchev–Trinajstić information content (AvgIpc) is 2.73. The molecular weight excluding hydrogens is 356 g/mol. The van der Waals surface area contributed by atoms with Gasteiger partial charge in [-0.15, -0.1) is 0 Å². The Bertz CT molecular complexity index is 732. The number of aromatic nitrogens is 2. The molecule has 0 aliphatic heterocycles. The van der Waals surface area contributed by atoms with E-state index in [1.165, 1.54) is 5.56 Å². The number of benzene rings is 2. The summed E-state index contributed by atoms with van der Waals surface area (Å²) in [6.45, 7) is 2.07. The number of nitrogens with one attached hydrogen (secondary N) is 1. The van der Waals surface area contributed by atoms with Crippen LogP contribution in [0.4, 0.5) is 0 Å². The largest absolute Gasteiger partial charge is 0.338 e. The molecule has 0 aliphatic carbocycles. The monoisotopic (exact) mass is 364 g/mol. The van der Waals surface area contributed by atoms with Gasteiger partial charge in [-0.3, -0.25) is 0 Å². The number of hydrogen-bond donors (Lipinski definition) is 1. The van der Waals surface area contributed by atoms with Gasteiger partial charge in [0, 0.05) is 14.5 Å². The number of halogens is 2. The lowest BCUT2D eigenvalue weighted by Gasteiger charge is -1.98. The summed E-state index contributed by atoms with van der Waals surface area (Å²) in [7, 11) is 0. The van der Waals surface area contributed by atoms with Crippen molar-refractivity contribution < 1.29 is 0 Å². The molecule has 1 aromatic heterocycles. The first kappa shape index (κ1) is 11.9. The van der Waals surface area contributed by atoms with Gasteiger partial charge >= 0.3 is 0 Å². The summed E-state index contributed by atoms with van der Waals surface area (Å²) < 4.78 is 2.06. The lowest BCUT2D eigenvalue weighted by molar-refractivity contribution is 1.33. The van der Waals surface area contributed by atoms with Gasteiger partial charge in [0.1, 0.15) is 11.3 Å². The minimum absolute atomic E-state index is 0.878. The van der Waals surface area contributed by atoms with E-state index in [-0.39, 0.29) is 0 Å². The van der Waals surface area contributed by atoms with E-state index in [2.05, 4.69) is 60.9 Å². The third-order valence-electron chi connectivity index (χ3n) is 2.81. The lowest BCUT2D eigenvalue weighted by Crippen LogP contribution is -1.81. The second-order valence-corrected chi connectivity index (χ2v) is 5.92. The van der Waals surface area contributed by atoms with Crippen molar-refractivity contribution in [3.8, 4) is 11.4 Å². The molecule has 0 radical (unpaired) electrons. The number of H-pyrrole nitrogens is 1. The Morgan fingerprint density at radius 1 is 1.06 bits per heavy atom. The Balaban J connectivity index is 2.26. The van der Waals surface area contributed by atoms with E-state index in [4.69, 9.17) is 0 Å². The first-order chi connectivity index (χ1) is 8.65. The quantitative estimate of drug-likeness (QED) is 0.641. The molecule has 2 aromatic carbocycles. The highest BCUT2D eigenvalue weighted by atomic mass is 79.9. The molecule has 90 valence electrons. The molecule has 0 saturated heterocycles. The highest BCUT2D eigenvalue weighted by Gasteiger charge is 2.10. The van der Waals surface area contributed by atoms with E-state index in [0.717, 1.165) is 31.4 Å². The molecule has 4 heteroatoms. The van der Waals surface area contributed by atoms with E-state index in [0.29, 0.717) is 0 Å². The predicted octanol–water partition coefficient (Wildman–Crippen LogP) is 5.06. The summed E-state index contributed by atoms with van der Waals surface area (Å²) in [4.78, 5) is 8.02. The van der Waals surface area contributed by atoms with E-state index >= 15 is 0 Å². The van der Waals surface area contributed by atoms with Gasteiger partial charge in [-0.05, 0) is 46.6 Å². The SMILES string of the molecule is Cc1cc(Br)c2nc(-c3ccccc3Br)[nH]c2c1. The van der Waals surface area contributed by atoms with E-state index < -0.39 is 0 Å². The number of hydrogen-bond acceptors (Lipinski definition) is 1. The molecule has 0 atom stereocenters. The third kappa shape index (κ3) is 1.99. The standard InChI is InChI=1S/C14H10Br2N2/c1-8-6-11(16)13-12(7-8)17-14(18-13)9-4-2-3-5-10(9)15/h2-7H,1H3,(H,17,18). The molecule has 2 nitrogen and oxygen atoms in total. The molecule has 0 amide bonds. The minimum atomic E-state index is 0.878. The molecule has 0 saturated carbocycles. The maximum absolute atomic E-state index is 4.65. The Labute approximate surface area is 122 Å². The van der Waals surface area contributed by atoms with Crippen LogP contribution < -0.4 is 0 Å². The molecule has 0 aliphatic rings. The van der Waals surface area contributed by atoms with Gasteiger partial charge in [0.15, 0.2) is 0 Å². The van der Waals surface area contributed by atoms with Crippen LogP contribution in [-0.4, -0.2) is 9.97 Å². The first-order valence-corrected chi connectivity index (χ1v) is 7.14. The number of nitrogens with zero attached hydrogens (tertiary/aromatic N) is 1. The first-order valence-electron chi connectivity index (χ1n) is 5.56. The second-order valence-electron chi connectivity index (χ2n) is 4.21. The van der Waals surface area contributed by atoms with Crippen LogP contribution in [0.15, 0.2) is 45.3 Å². The molecule has 3 aromatic rings. The van der Waals surface area contributed by atoms with Crippen LogP contribution in [0.5, 0.6) is 0 Å². The van der Waals surface area contributed by atoms with Gasteiger partial charge < -0.3 is 4.98 Å². The topological polar surface area (TPSA) is 28.7 Å². The molecule has 0 fully saturated rings. The number of imidazole rings is 1. The molecule has 18 heavy (non-hydrogen) atoms. The molecule has 1 heterocycles. The van der Waals surface area contributed by atoms with Crippen molar-refractivity contribution >= 4 is 42.9 Å². The second kappa shape index (κ2) is 4.52. The average molecular weight is 366 g/mol. The molecular formula is C14H10Br2N2. The van der Waals surface area contributed by atoms with Crippen LogP contribution in [-0.2, 0) is 0 Å². The maximum atomic E-state index is 4.65. The van der Waals surface area contributed by atoms with Crippen molar-refractivity contribution in [2.24, 2.45) is 0 Å².